The van der Waals surface area contributed by atoms with Gasteiger partial charge in [0.2, 0.25) is 0 Å². The van der Waals surface area contributed by atoms with Crippen LogP contribution in [-0.2, 0) is 16.2 Å². The lowest BCUT2D eigenvalue weighted by atomic mass is 10.1. The largest absolute Gasteiger partial charge is 0.488 e. The number of carbonyl (C=O) groups excluding carboxylic acids is 2. The molecule has 1 fully saturated rings. The third-order valence-electron chi connectivity index (χ3n) is 4.73. The minimum absolute atomic E-state index is 0.0358. The first-order valence-corrected chi connectivity index (χ1v) is 11.6. The number of ether oxygens (including phenoxy) is 1. The molecule has 1 aliphatic rings. The molecule has 2 amide bonds. The quantitative estimate of drug-likeness (QED) is 0.245. The monoisotopic (exact) mass is 570 g/mol. The topological polar surface area (TPSA) is 58.6 Å². The maximum absolute atomic E-state index is 13.2. The van der Waals surface area contributed by atoms with E-state index in [-0.39, 0.29) is 10.7 Å². The SMILES string of the molecule is O=C1NC(=S)N(c2ccccc2)C(=O)/C1=C\c1cc(Br)ccc1OCc1ccccc1Br. The highest BCUT2D eigenvalue weighted by Crippen LogP contribution is 2.29. The van der Waals surface area contributed by atoms with Gasteiger partial charge in [-0.2, -0.15) is 0 Å². The standard InChI is InChI=1S/C24H16Br2N2O3S/c25-17-10-11-21(31-14-15-6-4-5-9-20(15)26)16(12-17)13-19-22(29)27-24(32)28(23(19)30)18-7-2-1-3-8-18/h1-13H,14H2,(H,27,29,32)/b19-13-. The average molecular weight is 572 g/mol. The van der Waals surface area contributed by atoms with Crippen LogP contribution in [0.25, 0.3) is 6.08 Å². The van der Waals surface area contributed by atoms with Crippen molar-refractivity contribution in [3.63, 3.8) is 0 Å². The van der Waals surface area contributed by atoms with Gasteiger partial charge in [0.25, 0.3) is 11.8 Å². The van der Waals surface area contributed by atoms with Gasteiger partial charge in [-0.3, -0.25) is 19.8 Å². The van der Waals surface area contributed by atoms with Gasteiger partial charge in [-0.1, -0.05) is 68.3 Å². The Morgan fingerprint density at radius 1 is 0.969 bits per heavy atom. The number of amides is 2. The van der Waals surface area contributed by atoms with E-state index >= 15 is 0 Å². The molecule has 1 saturated heterocycles. The minimum Gasteiger partial charge on any atom is -0.488 e. The number of nitrogens with zero attached hydrogens (tertiary/aromatic N) is 1. The van der Waals surface area contributed by atoms with Crippen molar-refractivity contribution in [2.45, 2.75) is 6.61 Å². The average Bonchev–Trinajstić information content (AvgIpc) is 2.77. The lowest BCUT2D eigenvalue weighted by molar-refractivity contribution is -0.122. The summed E-state index contributed by atoms with van der Waals surface area (Å²) in [6, 6.07) is 22.1. The molecule has 3 aromatic carbocycles. The molecule has 5 nitrogen and oxygen atoms in total. The molecule has 4 rings (SSSR count). The number of rotatable bonds is 5. The second-order valence-electron chi connectivity index (χ2n) is 6.86. The summed E-state index contributed by atoms with van der Waals surface area (Å²) < 4.78 is 7.75. The summed E-state index contributed by atoms with van der Waals surface area (Å²) in [7, 11) is 0. The van der Waals surface area contributed by atoms with E-state index in [0.717, 1.165) is 14.5 Å². The molecule has 3 aromatic rings. The number of hydrogen-bond acceptors (Lipinski definition) is 4. The highest BCUT2D eigenvalue weighted by molar-refractivity contribution is 9.10. The van der Waals surface area contributed by atoms with Crippen LogP contribution in [0.5, 0.6) is 5.75 Å². The van der Waals surface area contributed by atoms with Crippen LogP contribution in [0.4, 0.5) is 5.69 Å². The van der Waals surface area contributed by atoms with E-state index in [2.05, 4.69) is 37.2 Å². The van der Waals surface area contributed by atoms with Crippen LogP contribution >= 0.6 is 44.1 Å². The molecule has 0 radical (unpaired) electrons. The van der Waals surface area contributed by atoms with Gasteiger partial charge in [-0.05, 0) is 54.7 Å². The summed E-state index contributed by atoms with van der Waals surface area (Å²) in [6.45, 7) is 0.319. The molecule has 0 spiro atoms. The van der Waals surface area contributed by atoms with Crippen LogP contribution in [-0.4, -0.2) is 16.9 Å². The first kappa shape index (κ1) is 22.4. The van der Waals surface area contributed by atoms with Gasteiger partial charge in [-0.25, -0.2) is 0 Å². The molecule has 1 aliphatic heterocycles. The van der Waals surface area contributed by atoms with Crippen molar-refractivity contribution >= 4 is 72.8 Å². The lowest BCUT2D eigenvalue weighted by Crippen LogP contribution is -2.54. The van der Waals surface area contributed by atoms with Crippen molar-refractivity contribution in [3.8, 4) is 5.75 Å². The van der Waals surface area contributed by atoms with E-state index in [0.29, 0.717) is 23.6 Å². The van der Waals surface area contributed by atoms with Gasteiger partial charge in [0, 0.05) is 20.1 Å². The van der Waals surface area contributed by atoms with Crippen LogP contribution in [0.15, 0.2) is 87.3 Å². The Bertz CT molecular complexity index is 1250. The van der Waals surface area contributed by atoms with E-state index in [1.807, 2.05) is 36.4 Å². The third kappa shape index (κ3) is 4.82. The molecule has 0 saturated carbocycles. The normalized spacial score (nSPS) is 15.1. The van der Waals surface area contributed by atoms with Gasteiger partial charge < -0.3 is 4.74 Å². The number of nitrogens with one attached hydrogen (secondary N) is 1. The van der Waals surface area contributed by atoms with Gasteiger partial charge in [0.15, 0.2) is 5.11 Å². The Kier molecular flexibility index (Phi) is 6.83. The van der Waals surface area contributed by atoms with Crippen LogP contribution in [0.1, 0.15) is 11.1 Å². The molecule has 1 heterocycles. The van der Waals surface area contributed by atoms with Crippen LogP contribution in [0.3, 0.4) is 0 Å². The summed E-state index contributed by atoms with van der Waals surface area (Å²) in [5.74, 6) is -0.512. The molecular formula is C24H16Br2N2O3S. The van der Waals surface area contributed by atoms with Crippen LogP contribution in [0, 0.1) is 0 Å². The zero-order valence-corrected chi connectivity index (χ0v) is 20.5. The van der Waals surface area contributed by atoms with Crippen molar-refractivity contribution in [2.75, 3.05) is 4.90 Å². The maximum atomic E-state index is 13.2. The molecule has 1 N–H and O–H groups in total. The number of anilines is 1. The Balaban J connectivity index is 1.68. The number of halogens is 2. The van der Waals surface area contributed by atoms with E-state index in [1.54, 1.807) is 36.4 Å². The molecule has 8 heteroatoms. The Morgan fingerprint density at radius 3 is 2.44 bits per heavy atom. The van der Waals surface area contributed by atoms with Gasteiger partial charge in [0.05, 0.1) is 5.69 Å². The number of benzene rings is 3. The van der Waals surface area contributed by atoms with Gasteiger partial charge in [-0.15, -0.1) is 0 Å². The molecular weight excluding hydrogens is 556 g/mol. The zero-order chi connectivity index (χ0) is 22.7. The number of thiocarbonyl (C=S) groups is 1. The highest BCUT2D eigenvalue weighted by Gasteiger charge is 2.34. The first-order chi connectivity index (χ1) is 15.4. The maximum Gasteiger partial charge on any atom is 0.270 e. The Hall–Kier alpha value is -2.81. The van der Waals surface area contributed by atoms with Crippen LogP contribution < -0.4 is 15.0 Å². The molecule has 0 atom stereocenters. The molecule has 0 unspecified atom stereocenters. The number of hydrogen-bond donors (Lipinski definition) is 1. The third-order valence-corrected chi connectivity index (χ3v) is 6.28. The van der Waals surface area contributed by atoms with Gasteiger partial charge >= 0.3 is 0 Å². The second-order valence-corrected chi connectivity index (χ2v) is 9.01. The van der Waals surface area contributed by atoms with Crippen molar-refractivity contribution in [2.24, 2.45) is 0 Å². The molecule has 32 heavy (non-hydrogen) atoms. The summed E-state index contributed by atoms with van der Waals surface area (Å²) in [5.41, 5.74) is 2.10. The number of carbonyl (C=O) groups is 2. The minimum atomic E-state index is -0.552. The van der Waals surface area contributed by atoms with Crippen LogP contribution in [0.2, 0.25) is 0 Å². The number of para-hydroxylation sites is 1. The Morgan fingerprint density at radius 2 is 1.69 bits per heavy atom. The fraction of sp³-hybridized carbons (Fsp3) is 0.0417. The first-order valence-electron chi connectivity index (χ1n) is 9.56. The van der Waals surface area contributed by atoms with Gasteiger partial charge in [0.1, 0.15) is 17.9 Å². The van der Waals surface area contributed by atoms with E-state index < -0.39 is 11.8 Å². The highest BCUT2D eigenvalue weighted by atomic mass is 79.9. The zero-order valence-electron chi connectivity index (χ0n) is 16.5. The molecule has 160 valence electrons. The molecule has 0 aromatic heterocycles. The van der Waals surface area contributed by atoms with E-state index in [4.69, 9.17) is 17.0 Å². The van der Waals surface area contributed by atoms with Crippen molar-refractivity contribution in [3.05, 3.63) is 98.4 Å². The lowest BCUT2D eigenvalue weighted by Gasteiger charge is -2.29. The summed E-state index contributed by atoms with van der Waals surface area (Å²) >= 11 is 12.2. The van der Waals surface area contributed by atoms with E-state index in [9.17, 15) is 9.59 Å². The molecule has 0 aliphatic carbocycles. The van der Waals surface area contributed by atoms with E-state index in [1.165, 1.54) is 11.0 Å². The summed E-state index contributed by atoms with van der Waals surface area (Å²) in [6.07, 6.45) is 1.52. The summed E-state index contributed by atoms with van der Waals surface area (Å²) in [4.78, 5) is 27.2. The fourth-order valence-corrected chi connectivity index (χ4v) is 4.22. The predicted molar refractivity (Wildman–Crippen MR) is 135 cm³/mol. The predicted octanol–water partition coefficient (Wildman–Crippen LogP) is 5.62. The van der Waals surface area contributed by atoms with Crippen molar-refractivity contribution < 1.29 is 14.3 Å². The Labute approximate surface area is 207 Å². The molecule has 0 bridgehead atoms. The fourth-order valence-electron chi connectivity index (χ4n) is 3.16. The second kappa shape index (κ2) is 9.77. The smallest absolute Gasteiger partial charge is 0.270 e. The van der Waals surface area contributed by atoms with Crippen molar-refractivity contribution in [1.29, 1.82) is 0 Å². The summed E-state index contributed by atoms with van der Waals surface area (Å²) in [5, 5.41) is 2.64. The van der Waals surface area contributed by atoms with Crippen molar-refractivity contribution in [1.82, 2.24) is 5.32 Å².